The summed E-state index contributed by atoms with van der Waals surface area (Å²) < 4.78 is 1.40. The lowest BCUT2D eigenvalue weighted by Gasteiger charge is -2.20. The lowest BCUT2D eigenvalue weighted by molar-refractivity contribution is -0.122. The number of aliphatic hydroxyl groups is 1. The molecule has 1 unspecified atom stereocenters. The molecule has 1 amide bonds. The summed E-state index contributed by atoms with van der Waals surface area (Å²) in [4.78, 5) is 26.6. The Morgan fingerprint density at radius 3 is 2.68 bits per heavy atom. The summed E-state index contributed by atoms with van der Waals surface area (Å²) in [5.41, 5.74) is 1.09. The first kappa shape index (κ1) is 16.3. The highest BCUT2D eigenvalue weighted by molar-refractivity contribution is 5.80. The van der Waals surface area contributed by atoms with E-state index in [0.29, 0.717) is 11.0 Å². The van der Waals surface area contributed by atoms with Crippen molar-refractivity contribution >= 4 is 16.9 Å². The highest BCUT2D eigenvalue weighted by Crippen LogP contribution is 2.12. The van der Waals surface area contributed by atoms with Gasteiger partial charge >= 0.3 is 5.69 Å². The zero-order valence-corrected chi connectivity index (χ0v) is 13.0. The van der Waals surface area contributed by atoms with Crippen LogP contribution in [0.25, 0.3) is 11.0 Å². The molecule has 0 bridgehead atoms. The van der Waals surface area contributed by atoms with E-state index in [2.05, 4.69) is 10.3 Å². The number of hydrogen-bond donors (Lipinski definition) is 3. The number of H-pyrrole nitrogens is 1. The van der Waals surface area contributed by atoms with Gasteiger partial charge in [-0.3, -0.25) is 9.36 Å². The van der Waals surface area contributed by atoms with Crippen LogP contribution in [0.2, 0.25) is 0 Å². The number of fused-ring (bicyclic) bond motifs is 1. The summed E-state index contributed by atoms with van der Waals surface area (Å²) in [6.07, 6.45) is 1.18. The maximum atomic E-state index is 12.0. The molecule has 6 nitrogen and oxygen atoms in total. The van der Waals surface area contributed by atoms with Crippen molar-refractivity contribution in [3.05, 3.63) is 34.7 Å². The molecule has 6 heteroatoms. The maximum Gasteiger partial charge on any atom is 0.326 e. The van der Waals surface area contributed by atoms with Crippen molar-refractivity contribution in [2.24, 2.45) is 5.92 Å². The van der Waals surface area contributed by atoms with Crippen LogP contribution in [0.3, 0.4) is 0 Å². The Balaban J connectivity index is 2.00. The molecule has 120 valence electrons. The SMILES string of the molecule is CCC(CC)C(O)CNC(=O)Cn1c(=O)[nH]c2ccccc21. The number of carbonyl (C=O) groups is 1. The van der Waals surface area contributed by atoms with Gasteiger partial charge in [0.1, 0.15) is 6.54 Å². The zero-order chi connectivity index (χ0) is 16.1. The number of imidazole rings is 1. The van der Waals surface area contributed by atoms with E-state index in [9.17, 15) is 14.7 Å². The molecule has 2 rings (SSSR count). The summed E-state index contributed by atoms with van der Waals surface area (Å²) in [7, 11) is 0. The van der Waals surface area contributed by atoms with Crippen molar-refractivity contribution in [2.45, 2.75) is 39.3 Å². The van der Waals surface area contributed by atoms with Crippen LogP contribution in [-0.2, 0) is 11.3 Å². The molecule has 0 radical (unpaired) electrons. The number of benzene rings is 1. The van der Waals surface area contributed by atoms with Crippen molar-refractivity contribution in [1.29, 1.82) is 0 Å². The summed E-state index contributed by atoms with van der Waals surface area (Å²) in [5.74, 6) is -0.104. The molecule has 2 aromatic rings. The molecule has 22 heavy (non-hydrogen) atoms. The Morgan fingerprint density at radius 1 is 1.32 bits per heavy atom. The summed E-state index contributed by atoms with van der Waals surface area (Å²) >= 11 is 0. The number of nitrogens with one attached hydrogen (secondary N) is 2. The van der Waals surface area contributed by atoms with E-state index in [0.717, 1.165) is 12.8 Å². The molecule has 3 N–H and O–H groups in total. The van der Waals surface area contributed by atoms with E-state index in [1.54, 1.807) is 12.1 Å². The maximum absolute atomic E-state index is 12.0. The second kappa shape index (κ2) is 7.26. The average Bonchev–Trinajstić information content (AvgIpc) is 2.82. The van der Waals surface area contributed by atoms with Crippen LogP contribution in [0, 0.1) is 5.92 Å². The predicted molar refractivity (Wildman–Crippen MR) is 85.6 cm³/mol. The Labute approximate surface area is 129 Å². The minimum absolute atomic E-state index is 0.0571. The Kier molecular flexibility index (Phi) is 5.38. The fourth-order valence-corrected chi connectivity index (χ4v) is 2.68. The lowest BCUT2D eigenvalue weighted by atomic mass is 9.96. The number of aromatic nitrogens is 2. The molecule has 0 fully saturated rings. The van der Waals surface area contributed by atoms with Crippen molar-refractivity contribution in [3.63, 3.8) is 0 Å². The van der Waals surface area contributed by atoms with Crippen LogP contribution in [0.4, 0.5) is 0 Å². The highest BCUT2D eigenvalue weighted by Gasteiger charge is 2.17. The molecular weight excluding hydrogens is 282 g/mol. The van der Waals surface area contributed by atoms with Gasteiger partial charge in [0.2, 0.25) is 5.91 Å². The van der Waals surface area contributed by atoms with Gasteiger partial charge in [-0.2, -0.15) is 0 Å². The zero-order valence-electron chi connectivity index (χ0n) is 13.0. The fraction of sp³-hybridized carbons (Fsp3) is 0.500. The molecule has 1 aromatic carbocycles. The third-order valence-electron chi connectivity index (χ3n) is 4.08. The number of aliphatic hydroxyl groups excluding tert-OH is 1. The largest absolute Gasteiger partial charge is 0.391 e. The lowest BCUT2D eigenvalue weighted by Crippen LogP contribution is -2.38. The van der Waals surface area contributed by atoms with Gasteiger partial charge in [-0.25, -0.2) is 4.79 Å². The molecule has 1 aromatic heterocycles. The number of nitrogens with zero attached hydrogens (tertiary/aromatic N) is 1. The van der Waals surface area contributed by atoms with Gasteiger partial charge < -0.3 is 15.4 Å². The number of carbonyl (C=O) groups excluding carboxylic acids is 1. The summed E-state index contributed by atoms with van der Waals surface area (Å²) in [6, 6.07) is 7.23. The van der Waals surface area contributed by atoms with Gasteiger partial charge in [0.15, 0.2) is 0 Å². The molecule has 0 spiro atoms. The third-order valence-corrected chi connectivity index (χ3v) is 4.08. The molecule has 0 saturated heterocycles. The van der Waals surface area contributed by atoms with E-state index >= 15 is 0 Å². The number of amides is 1. The fourth-order valence-electron chi connectivity index (χ4n) is 2.68. The van der Waals surface area contributed by atoms with Gasteiger partial charge in [0, 0.05) is 6.54 Å². The van der Waals surface area contributed by atoms with Gasteiger partial charge in [-0.1, -0.05) is 38.8 Å². The number of para-hydroxylation sites is 2. The highest BCUT2D eigenvalue weighted by atomic mass is 16.3. The van der Waals surface area contributed by atoms with Crippen LogP contribution in [0.5, 0.6) is 0 Å². The first-order valence-electron chi connectivity index (χ1n) is 7.69. The molecule has 0 aliphatic heterocycles. The smallest absolute Gasteiger partial charge is 0.326 e. The Morgan fingerprint density at radius 2 is 2.00 bits per heavy atom. The summed E-state index contributed by atoms with van der Waals surface area (Å²) in [5, 5.41) is 12.7. The molecule has 1 atom stereocenters. The van der Waals surface area contributed by atoms with Gasteiger partial charge in [0.25, 0.3) is 0 Å². The first-order chi connectivity index (χ1) is 10.6. The van der Waals surface area contributed by atoms with E-state index in [1.807, 2.05) is 26.0 Å². The van der Waals surface area contributed by atoms with E-state index < -0.39 is 6.10 Å². The normalized spacial score (nSPS) is 12.7. The summed E-state index contributed by atoms with van der Waals surface area (Å²) in [6.45, 7) is 4.19. The van der Waals surface area contributed by atoms with Gasteiger partial charge in [-0.15, -0.1) is 0 Å². The standard InChI is InChI=1S/C16H23N3O3/c1-3-11(4-2)14(20)9-17-15(21)10-19-13-8-6-5-7-12(13)18-16(19)22/h5-8,11,14,20H,3-4,9-10H2,1-2H3,(H,17,21)(H,18,22). The van der Waals surface area contributed by atoms with E-state index in [4.69, 9.17) is 0 Å². The topological polar surface area (TPSA) is 87.1 Å². The van der Waals surface area contributed by atoms with Crippen LogP contribution in [0.15, 0.2) is 29.1 Å². The Hall–Kier alpha value is -2.08. The monoisotopic (exact) mass is 305 g/mol. The number of hydrogen-bond acceptors (Lipinski definition) is 3. The van der Waals surface area contributed by atoms with Crippen LogP contribution in [-0.4, -0.2) is 33.2 Å². The number of aromatic amines is 1. The van der Waals surface area contributed by atoms with Crippen molar-refractivity contribution in [3.8, 4) is 0 Å². The van der Waals surface area contributed by atoms with Gasteiger partial charge in [-0.05, 0) is 18.1 Å². The predicted octanol–water partition coefficient (Wildman–Crippen LogP) is 1.24. The van der Waals surface area contributed by atoms with Gasteiger partial charge in [0.05, 0.1) is 17.1 Å². The molecule has 0 aliphatic carbocycles. The molecule has 0 saturated carbocycles. The second-order valence-corrected chi connectivity index (χ2v) is 5.48. The average molecular weight is 305 g/mol. The van der Waals surface area contributed by atoms with E-state index in [-0.39, 0.29) is 30.6 Å². The first-order valence-corrected chi connectivity index (χ1v) is 7.69. The van der Waals surface area contributed by atoms with Crippen LogP contribution >= 0.6 is 0 Å². The minimum atomic E-state index is -0.557. The van der Waals surface area contributed by atoms with Crippen LogP contribution in [0.1, 0.15) is 26.7 Å². The van der Waals surface area contributed by atoms with Crippen molar-refractivity contribution in [1.82, 2.24) is 14.9 Å². The molecule has 0 aliphatic rings. The van der Waals surface area contributed by atoms with E-state index in [1.165, 1.54) is 4.57 Å². The second-order valence-electron chi connectivity index (χ2n) is 5.48. The quantitative estimate of drug-likeness (QED) is 0.719. The Bertz CT molecular complexity index is 685. The van der Waals surface area contributed by atoms with Crippen molar-refractivity contribution in [2.75, 3.05) is 6.54 Å². The molecule has 1 heterocycles. The molecular formula is C16H23N3O3. The third kappa shape index (κ3) is 3.57. The van der Waals surface area contributed by atoms with Crippen LogP contribution < -0.4 is 11.0 Å². The number of rotatable bonds is 7. The minimum Gasteiger partial charge on any atom is -0.391 e. The van der Waals surface area contributed by atoms with Crippen molar-refractivity contribution < 1.29 is 9.90 Å².